The highest BCUT2D eigenvalue weighted by Crippen LogP contribution is 2.28. The van der Waals surface area contributed by atoms with E-state index in [1.165, 1.54) is 0 Å². The first-order valence-electron chi connectivity index (χ1n) is 2.72. The molecule has 0 aromatic heterocycles. The molecule has 2 nitrogen and oxygen atoms in total. The van der Waals surface area contributed by atoms with E-state index >= 15 is 0 Å². The van der Waals surface area contributed by atoms with Crippen LogP contribution in [-0.4, -0.2) is 0 Å². The fourth-order valence-electron chi connectivity index (χ4n) is 0.644. The molecular weight excluding hydrogens is 174 g/mol. The summed E-state index contributed by atoms with van der Waals surface area (Å²) < 4.78 is 25.1. The van der Waals surface area contributed by atoms with E-state index in [-0.39, 0.29) is 11.4 Å². The summed E-state index contributed by atoms with van der Waals surface area (Å²) in [6.45, 7) is 0. The van der Waals surface area contributed by atoms with E-state index in [9.17, 15) is 8.78 Å². The Morgan fingerprint density at radius 3 is 2.18 bits per heavy atom. The van der Waals surface area contributed by atoms with Crippen LogP contribution in [0.5, 0.6) is 0 Å². The number of hydrogen-bond acceptors (Lipinski definition) is 2. The third kappa shape index (κ3) is 1.21. The van der Waals surface area contributed by atoms with Crippen molar-refractivity contribution < 1.29 is 8.78 Å². The van der Waals surface area contributed by atoms with Gasteiger partial charge in [0.2, 0.25) is 0 Å². The zero-order valence-corrected chi connectivity index (χ0v) is 6.12. The van der Waals surface area contributed by atoms with Crippen LogP contribution in [0.4, 0.5) is 20.2 Å². The van der Waals surface area contributed by atoms with E-state index in [4.69, 9.17) is 23.1 Å². The van der Waals surface area contributed by atoms with Crippen LogP contribution in [0.1, 0.15) is 0 Å². The number of nitrogen functional groups attached to an aromatic ring is 2. The van der Waals surface area contributed by atoms with E-state index < -0.39 is 16.7 Å². The quantitative estimate of drug-likeness (QED) is 0.470. The number of hydrogen-bond donors (Lipinski definition) is 2. The molecule has 4 N–H and O–H groups in total. The summed E-state index contributed by atoms with van der Waals surface area (Å²) in [7, 11) is 0. The average molecular weight is 179 g/mol. The number of halogens is 3. The minimum atomic E-state index is -1.20. The molecule has 1 rings (SSSR count). The van der Waals surface area contributed by atoms with Gasteiger partial charge in [0.25, 0.3) is 0 Å². The van der Waals surface area contributed by atoms with E-state index in [0.717, 1.165) is 6.07 Å². The lowest BCUT2D eigenvalue weighted by molar-refractivity contribution is 0.513. The first-order valence-corrected chi connectivity index (χ1v) is 3.10. The van der Waals surface area contributed by atoms with Crippen LogP contribution >= 0.6 is 11.6 Å². The van der Waals surface area contributed by atoms with Crippen LogP contribution in [0.2, 0.25) is 5.02 Å². The molecule has 11 heavy (non-hydrogen) atoms. The fourth-order valence-corrected chi connectivity index (χ4v) is 0.782. The molecule has 0 amide bonds. The Morgan fingerprint density at radius 2 is 1.64 bits per heavy atom. The van der Waals surface area contributed by atoms with Gasteiger partial charge < -0.3 is 11.5 Å². The van der Waals surface area contributed by atoms with Crippen molar-refractivity contribution in [3.63, 3.8) is 0 Å². The van der Waals surface area contributed by atoms with E-state index in [2.05, 4.69) is 0 Å². The lowest BCUT2D eigenvalue weighted by Gasteiger charge is -2.02. The molecule has 0 radical (unpaired) electrons. The van der Waals surface area contributed by atoms with Gasteiger partial charge in [-0.3, -0.25) is 0 Å². The summed E-state index contributed by atoms with van der Waals surface area (Å²) in [5, 5.41) is -0.434. The predicted octanol–water partition coefficient (Wildman–Crippen LogP) is 1.78. The van der Waals surface area contributed by atoms with Gasteiger partial charge in [-0.05, 0) is 6.07 Å². The van der Waals surface area contributed by atoms with Gasteiger partial charge in [0.05, 0.1) is 11.4 Å². The molecule has 1 aromatic rings. The third-order valence-corrected chi connectivity index (χ3v) is 1.59. The highest BCUT2D eigenvalue weighted by atomic mass is 35.5. The second-order valence-corrected chi connectivity index (χ2v) is 2.37. The maximum atomic E-state index is 12.6. The molecule has 0 atom stereocenters. The highest BCUT2D eigenvalue weighted by molar-refractivity contribution is 6.33. The number of benzene rings is 1. The lowest BCUT2D eigenvalue weighted by Crippen LogP contribution is -1.99. The van der Waals surface area contributed by atoms with Crippen molar-refractivity contribution in [2.75, 3.05) is 11.5 Å². The Kier molecular flexibility index (Phi) is 1.87. The molecule has 0 aliphatic heterocycles. The van der Waals surface area contributed by atoms with Crippen LogP contribution in [-0.2, 0) is 0 Å². The van der Waals surface area contributed by atoms with Gasteiger partial charge in [-0.1, -0.05) is 11.6 Å². The summed E-state index contributed by atoms with van der Waals surface area (Å²) in [6, 6.07) is 1.07. The Labute approximate surface area is 66.7 Å². The van der Waals surface area contributed by atoms with Crippen molar-refractivity contribution in [1.82, 2.24) is 0 Å². The summed E-state index contributed by atoms with van der Waals surface area (Å²) in [5.41, 5.74) is 9.80. The van der Waals surface area contributed by atoms with Crippen LogP contribution in [0, 0.1) is 11.6 Å². The third-order valence-electron chi connectivity index (χ3n) is 1.20. The van der Waals surface area contributed by atoms with Gasteiger partial charge in [-0.15, -0.1) is 0 Å². The van der Waals surface area contributed by atoms with Crippen molar-refractivity contribution in [2.24, 2.45) is 0 Å². The standard InChI is InChI=1S/C6H5ClF2N2/c7-4-2(10)1-3(11)5(8)6(4)9/h1H,10-11H2. The Hall–Kier alpha value is -1.03. The first-order chi connectivity index (χ1) is 5.04. The van der Waals surface area contributed by atoms with E-state index in [0.29, 0.717) is 0 Å². The van der Waals surface area contributed by atoms with Gasteiger partial charge in [0.1, 0.15) is 5.02 Å². The van der Waals surface area contributed by atoms with Gasteiger partial charge in [-0.25, -0.2) is 8.78 Å². The van der Waals surface area contributed by atoms with E-state index in [1.807, 2.05) is 0 Å². The second kappa shape index (κ2) is 2.54. The summed E-state index contributed by atoms with van der Waals surface area (Å²) >= 11 is 5.26. The zero-order valence-electron chi connectivity index (χ0n) is 5.37. The highest BCUT2D eigenvalue weighted by Gasteiger charge is 2.12. The molecule has 0 aliphatic carbocycles. The first kappa shape index (κ1) is 8.07. The lowest BCUT2D eigenvalue weighted by atomic mass is 10.2. The Morgan fingerprint density at radius 1 is 1.09 bits per heavy atom. The molecule has 1 aromatic carbocycles. The molecule has 0 aliphatic rings. The van der Waals surface area contributed by atoms with Crippen LogP contribution in [0.3, 0.4) is 0 Å². The largest absolute Gasteiger partial charge is 0.397 e. The summed E-state index contributed by atoms with van der Waals surface area (Å²) in [5.74, 6) is -2.37. The molecule has 0 saturated carbocycles. The molecule has 0 fully saturated rings. The second-order valence-electron chi connectivity index (χ2n) is 2.00. The molecule has 0 spiro atoms. The molecule has 60 valence electrons. The Bertz CT molecular complexity index is 275. The smallest absolute Gasteiger partial charge is 0.183 e. The molecule has 0 bridgehead atoms. The minimum Gasteiger partial charge on any atom is -0.397 e. The molecule has 0 unspecified atom stereocenters. The SMILES string of the molecule is Nc1cc(N)c(Cl)c(F)c1F. The fraction of sp³-hybridized carbons (Fsp3) is 0. The Balaban J connectivity index is 3.46. The molecule has 5 heteroatoms. The normalized spacial score (nSPS) is 10.1. The number of nitrogens with two attached hydrogens (primary N) is 2. The van der Waals surface area contributed by atoms with Crippen LogP contribution in [0.25, 0.3) is 0 Å². The van der Waals surface area contributed by atoms with E-state index in [1.54, 1.807) is 0 Å². The molecule has 0 heterocycles. The summed E-state index contributed by atoms with van der Waals surface area (Å²) in [4.78, 5) is 0. The topological polar surface area (TPSA) is 52.0 Å². The van der Waals surface area contributed by atoms with Gasteiger partial charge >= 0.3 is 0 Å². The van der Waals surface area contributed by atoms with Gasteiger partial charge in [-0.2, -0.15) is 0 Å². The monoisotopic (exact) mass is 178 g/mol. The van der Waals surface area contributed by atoms with Gasteiger partial charge in [0.15, 0.2) is 11.6 Å². The van der Waals surface area contributed by atoms with Crippen LogP contribution < -0.4 is 11.5 Å². The number of anilines is 2. The van der Waals surface area contributed by atoms with Crippen molar-refractivity contribution >= 4 is 23.0 Å². The zero-order chi connectivity index (χ0) is 8.59. The summed E-state index contributed by atoms with van der Waals surface area (Å²) in [6.07, 6.45) is 0. The van der Waals surface area contributed by atoms with Crippen molar-refractivity contribution in [3.8, 4) is 0 Å². The van der Waals surface area contributed by atoms with Crippen LogP contribution in [0.15, 0.2) is 6.07 Å². The number of rotatable bonds is 0. The van der Waals surface area contributed by atoms with Crippen molar-refractivity contribution in [2.45, 2.75) is 0 Å². The van der Waals surface area contributed by atoms with Crippen molar-refractivity contribution in [3.05, 3.63) is 22.7 Å². The molecule has 0 saturated heterocycles. The predicted molar refractivity (Wildman–Crippen MR) is 40.2 cm³/mol. The maximum Gasteiger partial charge on any atom is 0.183 e. The minimum absolute atomic E-state index is 0.0666. The van der Waals surface area contributed by atoms with Crippen molar-refractivity contribution in [1.29, 1.82) is 0 Å². The van der Waals surface area contributed by atoms with Gasteiger partial charge in [0, 0.05) is 0 Å². The average Bonchev–Trinajstić information content (AvgIpc) is 1.97. The maximum absolute atomic E-state index is 12.6. The molecular formula is C6H5ClF2N2.